The smallest absolute Gasteiger partial charge is 0.306 e. The summed E-state index contributed by atoms with van der Waals surface area (Å²) < 4.78 is 35.8. The molecule has 3 heterocycles. The average molecular weight is 881 g/mol. The van der Waals surface area contributed by atoms with E-state index in [2.05, 4.69) is 235 Å². The Kier molecular flexibility index (Phi) is 7.91. The fraction of sp³-hybridized carbons (Fsp3) is 0. The number of fused-ring (bicyclic) bond motifs is 14. The van der Waals surface area contributed by atoms with Crippen LogP contribution in [-0.4, -0.2) is 8.42 Å². The van der Waals surface area contributed by atoms with Crippen LogP contribution in [0.25, 0.3) is 43.1 Å². The van der Waals surface area contributed by atoms with E-state index in [1.165, 1.54) is 0 Å². The Balaban J connectivity index is 0.934. The van der Waals surface area contributed by atoms with E-state index in [0.717, 1.165) is 111 Å². The van der Waals surface area contributed by atoms with Crippen LogP contribution in [0.5, 0.6) is 0 Å². The van der Waals surface area contributed by atoms with Gasteiger partial charge in [-0.05, 0) is 129 Å². The van der Waals surface area contributed by atoms with E-state index in [1.54, 1.807) is 0 Å². The number of hydrogen-bond acceptors (Lipinski definition) is 6. The summed E-state index contributed by atoms with van der Waals surface area (Å²) in [5.74, 6) is 0. The van der Waals surface area contributed by atoms with Crippen LogP contribution in [0.15, 0.2) is 227 Å². The minimum Gasteiger partial charge on any atom is -0.306 e. The van der Waals surface area contributed by atoms with Crippen molar-refractivity contribution in [3.63, 3.8) is 0 Å². The van der Waals surface area contributed by atoms with E-state index in [4.69, 9.17) is 0 Å². The van der Waals surface area contributed by atoms with Crippen molar-refractivity contribution in [3.8, 4) is 0 Å². The largest absolute Gasteiger partial charge is 0.364 e. The topological polar surface area (TPSA) is 71.8 Å². The summed E-state index contributed by atoms with van der Waals surface area (Å²) in [6.45, 7) is 0. The first kappa shape index (κ1) is 37.6. The quantitative estimate of drug-likeness (QED) is 0.164. The molecule has 67 heavy (non-hydrogen) atoms. The lowest BCUT2D eigenvalue weighted by Crippen LogP contribution is -2.25. The van der Waals surface area contributed by atoms with Gasteiger partial charge in [-0.15, -0.1) is 8.80 Å². The van der Waals surface area contributed by atoms with Crippen LogP contribution in [0.1, 0.15) is 0 Å². The van der Waals surface area contributed by atoms with Gasteiger partial charge in [-0.1, -0.05) is 121 Å². The van der Waals surface area contributed by atoms with E-state index in [1.807, 2.05) is 12.1 Å². The SMILES string of the molecule is O=S1(=O)N=c2c(c3c4ccc(N5c6ccccc6N(c6ccccc6)c6ccccc65)cc4ccc3c3ccc4cc(N5c6ccccc6N(c6ccccc6)c6ccccc65)ccc4c23)=N1. The maximum atomic E-state index is 13.5. The van der Waals surface area contributed by atoms with Crippen molar-refractivity contribution < 1.29 is 8.42 Å². The number of anilines is 12. The van der Waals surface area contributed by atoms with Crippen LogP contribution in [0, 0.1) is 0 Å². The molecule has 0 aliphatic carbocycles. The minimum atomic E-state index is -4.14. The van der Waals surface area contributed by atoms with Gasteiger partial charge in [0, 0.05) is 33.5 Å². The van der Waals surface area contributed by atoms with Crippen LogP contribution in [0.2, 0.25) is 0 Å². The molecule has 0 saturated carbocycles. The molecule has 0 fully saturated rings. The Hall–Kier alpha value is -8.79. The molecule has 0 N–H and O–H groups in total. The standard InChI is InChI=1S/C58H36N6O2S/c65-67(66)59-57-55-43-33-29-41(63-51-23-11-7-19-47(51)61(39-15-3-1-4-16-39)48-20-8-12-24-52(48)63)35-37(43)27-31-45(55)46-32-28-38-36-42(30-34-44(38)56(46)58(57)60-67)64-53-25-13-9-21-49(53)62(40-17-5-2-6-18-40)50-22-10-14-26-54(50)64/h1-36H. The zero-order valence-corrected chi connectivity index (χ0v) is 36.5. The summed E-state index contributed by atoms with van der Waals surface area (Å²) in [4.78, 5) is 9.24. The van der Waals surface area contributed by atoms with E-state index in [0.29, 0.717) is 10.7 Å². The fourth-order valence-electron chi connectivity index (χ4n) is 10.7. The van der Waals surface area contributed by atoms with Crippen molar-refractivity contribution in [1.29, 1.82) is 0 Å². The first-order valence-corrected chi connectivity index (χ1v) is 23.7. The molecule has 0 radical (unpaired) electrons. The number of nitrogens with zero attached hydrogens (tertiary/aromatic N) is 6. The van der Waals surface area contributed by atoms with Crippen LogP contribution >= 0.6 is 0 Å². The first-order valence-electron chi connectivity index (χ1n) is 22.3. The third-order valence-corrected chi connectivity index (χ3v) is 14.2. The Labute approximate surface area is 385 Å². The molecule has 316 valence electrons. The van der Waals surface area contributed by atoms with Crippen molar-refractivity contribution in [1.82, 2.24) is 0 Å². The number of hydrogen-bond donors (Lipinski definition) is 0. The highest BCUT2D eigenvalue weighted by molar-refractivity contribution is 7.88. The molecule has 0 bridgehead atoms. The summed E-state index contributed by atoms with van der Waals surface area (Å²) in [7, 11) is -4.14. The highest BCUT2D eigenvalue weighted by Crippen LogP contribution is 2.56. The van der Waals surface area contributed by atoms with E-state index >= 15 is 0 Å². The molecule has 0 spiro atoms. The van der Waals surface area contributed by atoms with Gasteiger partial charge in [0.25, 0.3) is 0 Å². The second kappa shape index (κ2) is 14.1. The zero-order chi connectivity index (χ0) is 44.4. The highest BCUT2D eigenvalue weighted by atomic mass is 32.2. The predicted molar refractivity (Wildman–Crippen MR) is 274 cm³/mol. The van der Waals surface area contributed by atoms with Gasteiger partial charge in [0.2, 0.25) is 0 Å². The Morgan fingerprint density at radius 2 is 0.567 bits per heavy atom. The zero-order valence-electron chi connectivity index (χ0n) is 35.7. The van der Waals surface area contributed by atoms with Gasteiger partial charge < -0.3 is 19.6 Å². The van der Waals surface area contributed by atoms with Gasteiger partial charge in [0.05, 0.1) is 45.5 Å². The summed E-state index contributed by atoms with van der Waals surface area (Å²) in [6.07, 6.45) is 0. The highest BCUT2D eigenvalue weighted by Gasteiger charge is 2.32. The molecule has 11 aromatic rings. The monoisotopic (exact) mass is 880 g/mol. The van der Waals surface area contributed by atoms with Gasteiger partial charge in [-0.25, -0.2) is 0 Å². The maximum Gasteiger partial charge on any atom is 0.364 e. The fourth-order valence-corrected chi connectivity index (χ4v) is 11.6. The van der Waals surface area contributed by atoms with Crippen molar-refractivity contribution in [2.75, 3.05) is 19.6 Å². The van der Waals surface area contributed by atoms with E-state index < -0.39 is 10.2 Å². The molecule has 0 unspecified atom stereocenters. The Morgan fingerprint density at radius 3 is 0.896 bits per heavy atom. The van der Waals surface area contributed by atoms with E-state index in [-0.39, 0.29) is 0 Å². The summed E-state index contributed by atoms with van der Waals surface area (Å²) in [5, 5.41) is 7.87. The average Bonchev–Trinajstić information content (AvgIpc) is 3.71. The van der Waals surface area contributed by atoms with Crippen molar-refractivity contribution in [3.05, 3.63) is 229 Å². The third kappa shape index (κ3) is 5.55. The second-order valence-corrected chi connectivity index (χ2v) is 18.3. The Bertz CT molecular complexity index is 3810. The van der Waals surface area contributed by atoms with Crippen LogP contribution in [0.4, 0.5) is 68.2 Å². The molecular weight excluding hydrogens is 845 g/mol. The van der Waals surface area contributed by atoms with Gasteiger partial charge in [0.15, 0.2) is 0 Å². The van der Waals surface area contributed by atoms with E-state index in [9.17, 15) is 8.42 Å². The molecule has 3 aliphatic rings. The molecule has 0 amide bonds. The number of rotatable bonds is 4. The third-order valence-electron chi connectivity index (χ3n) is 13.4. The lowest BCUT2D eigenvalue weighted by molar-refractivity contribution is 0.599. The van der Waals surface area contributed by atoms with Crippen LogP contribution in [0.3, 0.4) is 0 Å². The summed E-state index contributed by atoms with van der Waals surface area (Å²) >= 11 is 0. The molecule has 0 atom stereocenters. The van der Waals surface area contributed by atoms with Gasteiger partial charge in [0.1, 0.15) is 10.7 Å². The van der Waals surface area contributed by atoms with Gasteiger partial charge in [-0.3, -0.25) is 0 Å². The lowest BCUT2D eigenvalue weighted by Gasteiger charge is -2.40. The molecule has 9 heteroatoms. The van der Waals surface area contributed by atoms with Crippen LogP contribution < -0.4 is 30.3 Å². The molecular formula is C58H36N6O2S. The van der Waals surface area contributed by atoms with Gasteiger partial charge in [-0.2, -0.15) is 8.42 Å². The van der Waals surface area contributed by atoms with Crippen molar-refractivity contribution in [2.24, 2.45) is 8.80 Å². The van der Waals surface area contributed by atoms with Crippen molar-refractivity contribution >= 4 is 122 Å². The van der Waals surface area contributed by atoms with Gasteiger partial charge >= 0.3 is 10.2 Å². The first-order chi connectivity index (χ1) is 33.0. The lowest BCUT2D eigenvalue weighted by atomic mass is 9.92. The maximum absolute atomic E-state index is 13.5. The normalized spacial score (nSPS) is 14.3. The molecule has 3 aliphatic heterocycles. The molecule has 0 aromatic heterocycles. The number of benzene rings is 11. The molecule has 0 saturated heterocycles. The van der Waals surface area contributed by atoms with Crippen molar-refractivity contribution in [2.45, 2.75) is 0 Å². The Morgan fingerprint density at radius 1 is 0.284 bits per heavy atom. The molecule has 8 nitrogen and oxygen atoms in total. The summed E-state index contributed by atoms with van der Waals surface area (Å²) in [6, 6.07) is 76.2. The van der Waals surface area contributed by atoms with Crippen LogP contribution in [-0.2, 0) is 10.2 Å². The summed E-state index contributed by atoms with van der Waals surface area (Å²) in [5.41, 5.74) is 12.6. The number of para-hydroxylation sites is 10. The molecule has 14 rings (SSSR count). The molecule has 11 aromatic carbocycles. The second-order valence-electron chi connectivity index (χ2n) is 17.1. The predicted octanol–water partition coefficient (Wildman–Crippen LogP) is 14.3. The minimum absolute atomic E-state index is 0.379.